The van der Waals surface area contributed by atoms with E-state index in [4.69, 9.17) is 16.0 Å². The van der Waals surface area contributed by atoms with E-state index >= 15 is 0 Å². The standard InChI is InChI=1S/C13H11ClO2/c14-13-4-2-1-3-11(13)8-12(15)7-10-5-6-16-9-10/h1-6,9H,7-8H2. The van der Waals surface area contributed by atoms with E-state index in [9.17, 15) is 4.79 Å². The Bertz CT molecular complexity index is 474. The van der Waals surface area contributed by atoms with Gasteiger partial charge in [0.2, 0.25) is 0 Å². The topological polar surface area (TPSA) is 30.2 Å². The summed E-state index contributed by atoms with van der Waals surface area (Å²) in [5.74, 6) is 0.134. The molecule has 0 spiro atoms. The van der Waals surface area contributed by atoms with Gasteiger partial charge in [-0.3, -0.25) is 4.79 Å². The van der Waals surface area contributed by atoms with E-state index in [2.05, 4.69) is 0 Å². The number of ketones is 1. The molecule has 0 fully saturated rings. The highest BCUT2D eigenvalue weighted by atomic mass is 35.5. The van der Waals surface area contributed by atoms with Crippen LogP contribution in [0.15, 0.2) is 47.3 Å². The van der Waals surface area contributed by atoms with E-state index in [1.807, 2.05) is 18.2 Å². The summed E-state index contributed by atoms with van der Waals surface area (Å²) in [5.41, 5.74) is 1.77. The largest absolute Gasteiger partial charge is 0.472 e. The molecule has 0 aliphatic heterocycles. The molecule has 1 aromatic heterocycles. The molecule has 0 radical (unpaired) electrons. The lowest BCUT2D eigenvalue weighted by Crippen LogP contribution is -2.06. The Morgan fingerprint density at radius 1 is 1.19 bits per heavy atom. The van der Waals surface area contributed by atoms with Gasteiger partial charge in [0.15, 0.2) is 0 Å². The van der Waals surface area contributed by atoms with Crippen LogP contribution >= 0.6 is 11.6 Å². The minimum absolute atomic E-state index is 0.134. The summed E-state index contributed by atoms with van der Waals surface area (Å²) in [4.78, 5) is 11.7. The van der Waals surface area contributed by atoms with Crippen LogP contribution in [0.5, 0.6) is 0 Å². The number of carbonyl (C=O) groups excluding carboxylic acids is 1. The van der Waals surface area contributed by atoms with Crippen molar-refractivity contribution in [3.05, 3.63) is 59.0 Å². The zero-order chi connectivity index (χ0) is 11.4. The Kier molecular flexibility index (Phi) is 3.42. The van der Waals surface area contributed by atoms with Gasteiger partial charge in [0, 0.05) is 17.9 Å². The van der Waals surface area contributed by atoms with E-state index in [0.29, 0.717) is 17.9 Å². The second kappa shape index (κ2) is 4.99. The third-order valence-electron chi connectivity index (χ3n) is 2.33. The van der Waals surface area contributed by atoms with Crippen LogP contribution in [0, 0.1) is 0 Å². The summed E-state index contributed by atoms with van der Waals surface area (Å²) in [6.07, 6.45) is 3.91. The van der Waals surface area contributed by atoms with Crippen molar-refractivity contribution in [3.8, 4) is 0 Å². The Balaban J connectivity index is 2.00. The highest BCUT2D eigenvalue weighted by Gasteiger charge is 2.08. The Labute approximate surface area is 98.8 Å². The van der Waals surface area contributed by atoms with Crippen molar-refractivity contribution in [3.63, 3.8) is 0 Å². The highest BCUT2D eigenvalue weighted by Crippen LogP contribution is 2.16. The average molecular weight is 235 g/mol. The van der Waals surface area contributed by atoms with Crippen LogP contribution in [0.25, 0.3) is 0 Å². The molecule has 1 heterocycles. The van der Waals surface area contributed by atoms with E-state index < -0.39 is 0 Å². The number of hydrogen-bond acceptors (Lipinski definition) is 2. The second-order valence-corrected chi connectivity index (χ2v) is 4.02. The monoisotopic (exact) mass is 234 g/mol. The zero-order valence-electron chi connectivity index (χ0n) is 8.65. The number of halogens is 1. The van der Waals surface area contributed by atoms with Crippen LogP contribution in [0.3, 0.4) is 0 Å². The SMILES string of the molecule is O=C(Cc1ccoc1)Cc1ccccc1Cl. The highest BCUT2D eigenvalue weighted by molar-refractivity contribution is 6.31. The molecular weight excluding hydrogens is 224 g/mol. The predicted octanol–water partition coefficient (Wildman–Crippen LogP) is 3.29. The van der Waals surface area contributed by atoms with E-state index in [1.54, 1.807) is 24.7 Å². The van der Waals surface area contributed by atoms with Gasteiger partial charge in [0.1, 0.15) is 5.78 Å². The van der Waals surface area contributed by atoms with Gasteiger partial charge in [-0.2, -0.15) is 0 Å². The molecule has 0 amide bonds. The molecule has 0 aliphatic carbocycles. The van der Waals surface area contributed by atoms with Crippen molar-refractivity contribution < 1.29 is 9.21 Å². The molecule has 82 valence electrons. The zero-order valence-corrected chi connectivity index (χ0v) is 9.41. The molecule has 3 heteroatoms. The molecular formula is C13H11ClO2. The first kappa shape index (κ1) is 11.0. The van der Waals surface area contributed by atoms with Gasteiger partial charge in [0.25, 0.3) is 0 Å². The van der Waals surface area contributed by atoms with Crippen LogP contribution in [0.1, 0.15) is 11.1 Å². The van der Waals surface area contributed by atoms with Crippen LogP contribution < -0.4 is 0 Å². The number of carbonyl (C=O) groups is 1. The molecule has 16 heavy (non-hydrogen) atoms. The molecule has 0 bridgehead atoms. The molecule has 0 saturated carbocycles. The summed E-state index contributed by atoms with van der Waals surface area (Å²) in [6, 6.07) is 9.20. The molecule has 2 nitrogen and oxygen atoms in total. The van der Waals surface area contributed by atoms with Gasteiger partial charge in [-0.05, 0) is 23.3 Å². The molecule has 2 aromatic rings. The van der Waals surface area contributed by atoms with Crippen LogP contribution in [-0.4, -0.2) is 5.78 Å². The van der Waals surface area contributed by atoms with Crippen molar-refractivity contribution in [2.75, 3.05) is 0 Å². The van der Waals surface area contributed by atoms with E-state index in [1.165, 1.54) is 0 Å². The number of furan rings is 1. The first-order chi connectivity index (χ1) is 7.75. The maximum Gasteiger partial charge on any atom is 0.141 e. The third kappa shape index (κ3) is 2.74. The number of benzene rings is 1. The van der Waals surface area contributed by atoms with Gasteiger partial charge in [-0.1, -0.05) is 29.8 Å². The van der Waals surface area contributed by atoms with Gasteiger partial charge in [-0.25, -0.2) is 0 Å². The average Bonchev–Trinajstić information content (AvgIpc) is 2.74. The smallest absolute Gasteiger partial charge is 0.141 e. The minimum atomic E-state index is 0.134. The van der Waals surface area contributed by atoms with Crippen molar-refractivity contribution in [2.24, 2.45) is 0 Å². The lowest BCUT2D eigenvalue weighted by atomic mass is 10.0. The summed E-state index contributed by atoms with van der Waals surface area (Å²) < 4.78 is 4.91. The third-order valence-corrected chi connectivity index (χ3v) is 2.70. The van der Waals surface area contributed by atoms with E-state index in [0.717, 1.165) is 11.1 Å². The lowest BCUT2D eigenvalue weighted by molar-refractivity contribution is -0.117. The normalized spacial score (nSPS) is 10.3. The van der Waals surface area contributed by atoms with Crippen LogP contribution in [-0.2, 0) is 17.6 Å². The van der Waals surface area contributed by atoms with Gasteiger partial charge in [0.05, 0.1) is 12.5 Å². The van der Waals surface area contributed by atoms with Gasteiger partial charge < -0.3 is 4.42 Å². The number of Topliss-reactive ketones (excluding diaryl/α,β-unsaturated/α-hetero) is 1. The minimum Gasteiger partial charge on any atom is -0.472 e. The fourth-order valence-corrected chi connectivity index (χ4v) is 1.74. The molecule has 0 saturated heterocycles. The maximum absolute atomic E-state index is 11.7. The van der Waals surface area contributed by atoms with Crippen LogP contribution in [0.4, 0.5) is 0 Å². The van der Waals surface area contributed by atoms with Crippen molar-refractivity contribution in [1.29, 1.82) is 0 Å². The Morgan fingerprint density at radius 2 is 2.00 bits per heavy atom. The van der Waals surface area contributed by atoms with Crippen molar-refractivity contribution >= 4 is 17.4 Å². The summed E-state index contributed by atoms with van der Waals surface area (Å²) >= 11 is 5.98. The fourth-order valence-electron chi connectivity index (χ4n) is 1.54. The number of rotatable bonds is 4. The number of hydrogen-bond donors (Lipinski definition) is 0. The van der Waals surface area contributed by atoms with Crippen LogP contribution in [0.2, 0.25) is 5.02 Å². The van der Waals surface area contributed by atoms with Gasteiger partial charge >= 0.3 is 0 Å². The summed E-state index contributed by atoms with van der Waals surface area (Å²) in [6.45, 7) is 0. The molecule has 2 rings (SSSR count). The molecule has 0 N–H and O–H groups in total. The molecule has 0 unspecified atom stereocenters. The molecule has 0 aliphatic rings. The molecule has 1 aromatic carbocycles. The Morgan fingerprint density at radius 3 is 2.69 bits per heavy atom. The van der Waals surface area contributed by atoms with Crippen molar-refractivity contribution in [1.82, 2.24) is 0 Å². The van der Waals surface area contributed by atoms with E-state index in [-0.39, 0.29) is 5.78 Å². The van der Waals surface area contributed by atoms with Crippen molar-refractivity contribution in [2.45, 2.75) is 12.8 Å². The summed E-state index contributed by atoms with van der Waals surface area (Å²) in [5, 5.41) is 0.642. The maximum atomic E-state index is 11.7. The first-order valence-corrected chi connectivity index (χ1v) is 5.39. The Hall–Kier alpha value is -1.54. The lowest BCUT2D eigenvalue weighted by Gasteiger charge is -2.02. The fraction of sp³-hybridized carbons (Fsp3) is 0.154. The second-order valence-electron chi connectivity index (χ2n) is 3.62. The summed E-state index contributed by atoms with van der Waals surface area (Å²) in [7, 11) is 0. The quantitative estimate of drug-likeness (QED) is 0.813. The van der Waals surface area contributed by atoms with Gasteiger partial charge in [-0.15, -0.1) is 0 Å². The predicted molar refractivity (Wildman–Crippen MR) is 62.6 cm³/mol. The first-order valence-electron chi connectivity index (χ1n) is 5.02. The molecule has 0 atom stereocenters.